The molecule has 0 spiro atoms. The highest BCUT2D eigenvalue weighted by molar-refractivity contribution is 8.02. The molecule has 3 atom stereocenters. The highest BCUT2D eigenvalue weighted by atomic mass is 32.2. The average molecular weight is 369 g/mol. The van der Waals surface area contributed by atoms with E-state index in [4.69, 9.17) is 5.11 Å². The number of carbonyl (C=O) groups is 4. The third-order valence-corrected chi connectivity index (χ3v) is 5.37. The van der Waals surface area contributed by atoms with Crippen LogP contribution in [0.15, 0.2) is 24.8 Å². The zero-order chi connectivity index (χ0) is 19.6. The Balaban J connectivity index is 0.000000381. The first-order chi connectivity index (χ1) is 11.4. The molecule has 2 N–H and O–H groups in total. The first-order valence-corrected chi connectivity index (χ1v) is 8.52. The summed E-state index contributed by atoms with van der Waals surface area (Å²) in [6.45, 7) is 10.0. The molecule has 2 fully saturated rings. The molecule has 2 saturated heterocycles. The summed E-state index contributed by atoms with van der Waals surface area (Å²) in [6, 6.07) is -0.984. The van der Waals surface area contributed by atoms with Crippen molar-refractivity contribution < 1.29 is 29.4 Å². The Morgan fingerprint density at radius 2 is 1.84 bits per heavy atom. The van der Waals surface area contributed by atoms with Gasteiger partial charge in [0.05, 0.1) is 22.0 Å². The van der Waals surface area contributed by atoms with Gasteiger partial charge in [-0.15, -0.1) is 18.3 Å². The smallest absolute Gasteiger partial charge is 0.328 e. The van der Waals surface area contributed by atoms with E-state index in [1.54, 1.807) is 20.8 Å². The Morgan fingerprint density at radius 3 is 2.16 bits per heavy atom. The lowest BCUT2D eigenvalue weighted by Crippen LogP contribution is -2.57. The average Bonchev–Trinajstić information content (AvgIpc) is 2.74. The molecule has 2 aliphatic rings. The number of carboxylic acid groups (broad SMARTS) is 2. The van der Waals surface area contributed by atoms with Gasteiger partial charge in [-0.1, -0.05) is 12.2 Å². The van der Waals surface area contributed by atoms with Gasteiger partial charge in [0.15, 0.2) is 11.8 Å². The van der Waals surface area contributed by atoms with Crippen molar-refractivity contribution in [2.24, 2.45) is 5.41 Å². The number of thioether (sulfide) groups is 1. The van der Waals surface area contributed by atoms with Crippen LogP contribution < -0.4 is 0 Å². The van der Waals surface area contributed by atoms with Gasteiger partial charge >= 0.3 is 11.9 Å². The van der Waals surface area contributed by atoms with Crippen molar-refractivity contribution in [1.82, 2.24) is 4.90 Å². The maximum absolute atomic E-state index is 11.5. The summed E-state index contributed by atoms with van der Waals surface area (Å²) in [6.07, 6.45) is 4.72. The molecule has 25 heavy (non-hydrogen) atoms. The van der Waals surface area contributed by atoms with Crippen molar-refractivity contribution in [3.8, 4) is 0 Å². The van der Waals surface area contributed by atoms with Gasteiger partial charge in [-0.3, -0.25) is 14.4 Å². The molecule has 138 valence electrons. The van der Waals surface area contributed by atoms with Gasteiger partial charge in [0.1, 0.15) is 0 Å². The number of allylic oxidation sites excluding steroid dienone is 1. The lowest BCUT2D eigenvalue weighted by atomic mass is 9.94. The van der Waals surface area contributed by atoms with Crippen LogP contribution in [0.25, 0.3) is 0 Å². The third-order valence-electron chi connectivity index (χ3n) is 3.77. The summed E-state index contributed by atoms with van der Waals surface area (Å²) in [5, 5.41) is 17.4. The summed E-state index contributed by atoms with van der Waals surface area (Å²) >= 11 is 1.36. The Hall–Kier alpha value is -2.09. The molecule has 0 aromatic carbocycles. The number of ketones is 1. The Labute approximate surface area is 150 Å². The molecular formula is C17H23NO6S. The van der Waals surface area contributed by atoms with Crippen molar-refractivity contribution in [3.63, 3.8) is 0 Å². The van der Waals surface area contributed by atoms with Gasteiger partial charge < -0.3 is 15.1 Å². The second-order valence-electron chi connectivity index (χ2n) is 6.88. The molecule has 0 bridgehead atoms. The van der Waals surface area contributed by atoms with Crippen LogP contribution in [0.5, 0.6) is 0 Å². The van der Waals surface area contributed by atoms with Crippen molar-refractivity contribution in [2.45, 2.75) is 50.3 Å². The van der Waals surface area contributed by atoms with Gasteiger partial charge in [0, 0.05) is 0 Å². The normalized spacial score (nSPS) is 27.8. The fraction of sp³-hybridized carbons (Fsp3) is 0.529. The van der Waals surface area contributed by atoms with Gasteiger partial charge in [-0.25, -0.2) is 4.79 Å². The maximum atomic E-state index is 11.5. The van der Waals surface area contributed by atoms with Crippen LogP contribution in [0.3, 0.4) is 0 Å². The monoisotopic (exact) mass is 369 g/mol. The van der Waals surface area contributed by atoms with Crippen LogP contribution in [0.4, 0.5) is 0 Å². The van der Waals surface area contributed by atoms with E-state index < -0.39 is 28.1 Å². The van der Waals surface area contributed by atoms with Gasteiger partial charge in [-0.2, -0.15) is 0 Å². The van der Waals surface area contributed by atoms with Gasteiger partial charge in [0.25, 0.3) is 0 Å². The summed E-state index contributed by atoms with van der Waals surface area (Å²) in [4.78, 5) is 45.3. The largest absolute Gasteiger partial charge is 0.481 e. The van der Waals surface area contributed by atoms with E-state index in [9.17, 15) is 24.3 Å². The van der Waals surface area contributed by atoms with E-state index in [0.717, 1.165) is 0 Å². The number of nitrogens with zero attached hydrogens (tertiary/aromatic N) is 1. The minimum absolute atomic E-state index is 0.131. The standard InChI is InChI=1S/C12H13NO4S.C5H10O2/c1-3-12(5-4-7(2)14)10(11(16)17)13-8(15)6-9(13)18-12;1-5(2,3)4(6)7/h3-5,9-10H,1,6H2,2H3,(H,16,17);1-3H3,(H,6,7)/t9-,10+,12?;/m1./s1. The highest BCUT2D eigenvalue weighted by Crippen LogP contribution is 2.52. The lowest BCUT2D eigenvalue weighted by molar-refractivity contribution is -0.156. The fourth-order valence-corrected chi connectivity index (χ4v) is 3.88. The molecule has 0 aromatic heterocycles. The Bertz CT molecular complexity index is 636. The molecule has 1 amide bonds. The predicted molar refractivity (Wildman–Crippen MR) is 94.1 cm³/mol. The topological polar surface area (TPSA) is 112 Å². The van der Waals surface area contributed by atoms with Crippen LogP contribution in [0.1, 0.15) is 34.1 Å². The number of carbonyl (C=O) groups excluding carboxylic acids is 2. The Kier molecular flexibility index (Phi) is 6.23. The van der Waals surface area contributed by atoms with E-state index >= 15 is 0 Å². The molecule has 1 unspecified atom stereocenters. The molecule has 2 rings (SSSR count). The minimum Gasteiger partial charge on any atom is -0.481 e. The first-order valence-electron chi connectivity index (χ1n) is 7.64. The maximum Gasteiger partial charge on any atom is 0.328 e. The second-order valence-corrected chi connectivity index (χ2v) is 8.36. The number of carboxylic acids is 2. The van der Waals surface area contributed by atoms with Crippen LogP contribution in [-0.4, -0.2) is 54.9 Å². The van der Waals surface area contributed by atoms with Gasteiger partial charge in [0.2, 0.25) is 5.91 Å². The van der Waals surface area contributed by atoms with E-state index in [1.165, 1.54) is 41.8 Å². The number of β-lactam (4-membered cyclic amide) rings is 1. The number of rotatable bonds is 4. The van der Waals surface area contributed by atoms with E-state index in [-0.39, 0.29) is 17.1 Å². The van der Waals surface area contributed by atoms with Crippen LogP contribution in [0.2, 0.25) is 0 Å². The molecule has 7 nitrogen and oxygen atoms in total. The van der Waals surface area contributed by atoms with Gasteiger partial charge in [-0.05, 0) is 33.8 Å². The number of hydrogen-bond acceptors (Lipinski definition) is 5. The Morgan fingerprint density at radius 1 is 1.32 bits per heavy atom. The number of amides is 1. The quantitative estimate of drug-likeness (QED) is 0.442. The summed E-state index contributed by atoms with van der Waals surface area (Å²) in [5.74, 6) is -2.17. The van der Waals surface area contributed by atoms with Crippen LogP contribution >= 0.6 is 11.8 Å². The lowest BCUT2D eigenvalue weighted by Gasteiger charge is -2.36. The highest BCUT2D eigenvalue weighted by Gasteiger charge is 2.60. The van der Waals surface area contributed by atoms with E-state index in [0.29, 0.717) is 6.42 Å². The first kappa shape index (κ1) is 21.0. The van der Waals surface area contributed by atoms with Crippen molar-refractivity contribution in [2.75, 3.05) is 0 Å². The summed E-state index contributed by atoms with van der Waals surface area (Å²) in [5.41, 5.74) is -0.583. The summed E-state index contributed by atoms with van der Waals surface area (Å²) < 4.78 is -0.922. The molecule has 0 radical (unpaired) electrons. The SMILES string of the molecule is C=CC1(C=CC(C)=O)S[C@@H]2CC(=O)N2[C@H]1C(=O)O.CC(C)(C)C(=O)O. The van der Waals surface area contributed by atoms with E-state index in [1.807, 2.05) is 0 Å². The van der Waals surface area contributed by atoms with Crippen molar-refractivity contribution in [1.29, 1.82) is 0 Å². The molecule has 8 heteroatoms. The molecule has 2 heterocycles. The molecular weight excluding hydrogens is 346 g/mol. The third kappa shape index (κ3) is 4.50. The zero-order valence-electron chi connectivity index (χ0n) is 14.7. The molecule has 0 saturated carbocycles. The molecule has 0 aromatic rings. The second kappa shape index (κ2) is 7.43. The van der Waals surface area contributed by atoms with Crippen molar-refractivity contribution in [3.05, 3.63) is 24.8 Å². The van der Waals surface area contributed by atoms with Crippen LogP contribution in [-0.2, 0) is 19.2 Å². The zero-order valence-corrected chi connectivity index (χ0v) is 15.5. The number of fused-ring (bicyclic) bond motifs is 1. The minimum atomic E-state index is -1.08. The fourth-order valence-electron chi connectivity index (χ4n) is 2.25. The van der Waals surface area contributed by atoms with Crippen molar-refractivity contribution >= 4 is 35.4 Å². The molecule has 0 aliphatic carbocycles. The predicted octanol–water partition coefficient (Wildman–Crippen LogP) is 1.93. The molecule has 2 aliphatic heterocycles. The van der Waals surface area contributed by atoms with Crippen LogP contribution in [0, 0.1) is 5.41 Å². The summed E-state index contributed by atoms with van der Waals surface area (Å²) in [7, 11) is 0. The number of hydrogen-bond donors (Lipinski definition) is 2. The van der Waals surface area contributed by atoms with E-state index in [2.05, 4.69) is 6.58 Å². The number of aliphatic carboxylic acids is 2.